The molecule has 0 aliphatic rings. The SMILES string of the molecule is CC(C(F)F)n1c(=O)c(-c2ccc(NS(=O)(=O)Cc3ccccc3)c(F)c2F)cc2cnc(N)nc21. The minimum Gasteiger partial charge on any atom is -0.368 e. The summed E-state index contributed by atoms with van der Waals surface area (Å²) in [5.41, 5.74) is 3.02. The molecule has 2 heterocycles. The molecular formula is C23H19F4N5O3S. The summed E-state index contributed by atoms with van der Waals surface area (Å²) in [5, 5.41) is 0.0822. The average Bonchev–Trinajstić information content (AvgIpc) is 2.82. The third kappa shape index (κ3) is 4.87. The van der Waals surface area contributed by atoms with Crippen molar-refractivity contribution >= 4 is 32.7 Å². The van der Waals surface area contributed by atoms with E-state index in [1.54, 1.807) is 30.3 Å². The van der Waals surface area contributed by atoms with E-state index in [2.05, 4.69) is 9.97 Å². The third-order valence-corrected chi connectivity index (χ3v) is 6.65. The molecule has 0 aliphatic heterocycles. The van der Waals surface area contributed by atoms with Gasteiger partial charge in [-0.3, -0.25) is 14.1 Å². The normalized spacial score (nSPS) is 12.7. The van der Waals surface area contributed by atoms with Crippen LogP contribution in [0.4, 0.5) is 29.2 Å². The highest BCUT2D eigenvalue weighted by atomic mass is 32.2. The van der Waals surface area contributed by atoms with E-state index in [0.717, 1.165) is 31.3 Å². The van der Waals surface area contributed by atoms with Crippen molar-refractivity contribution < 1.29 is 26.0 Å². The Kier molecular flexibility index (Phi) is 6.67. The van der Waals surface area contributed by atoms with E-state index >= 15 is 4.39 Å². The second-order valence-electron chi connectivity index (χ2n) is 7.95. The number of halogens is 4. The van der Waals surface area contributed by atoms with Crippen LogP contribution in [0.25, 0.3) is 22.2 Å². The maximum atomic E-state index is 15.1. The van der Waals surface area contributed by atoms with Crippen molar-refractivity contribution in [2.45, 2.75) is 25.1 Å². The number of pyridine rings is 1. The number of nitrogens with two attached hydrogens (primary N) is 1. The van der Waals surface area contributed by atoms with Gasteiger partial charge in [0.05, 0.1) is 23.0 Å². The Morgan fingerprint density at radius 2 is 1.75 bits per heavy atom. The van der Waals surface area contributed by atoms with Crippen LogP contribution in [0.15, 0.2) is 59.5 Å². The summed E-state index contributed by atoms with van der Waals surface area (Å²) in [6.45, 7) is 1.06. The van der Waals surface area contributed by atoms with Gasteiger partial charge >= 0.3 is 0 Å². The number of alkyl halides is 2. The van der Waals surface area contributed by atoms with Crippen molar-refractivity contribution in [1.29, 1.82) is 0 Å². The number of anilines is 2. The number of fused-ring (bicyclic) bond motifs is 1. The van der Waals surface area contributed by atoms with E-state index in [0.29, 0.717) is 10.1 Å². The van der Waals surface area contributed by atoms with E-state index in [9.17, 15) is 26.4 Å². The topological polar surface area (TPSA) is 120 Å². The molecule has 4 rings (SSSR count). The molecule has 0 spiro atoms. The van der Waals surface area contributed by atoms with Gasteiger partial charge < -0.3 is 5.73 Å². The van der Waals surface area contributed by atoms with Crippen LogP contribution in [-0.4, -0.2) is 29.4 Å². The van der Waals surface area contributed by atoms with Crippen LogP contribution in [0.2, 0.25) is 0 Å². The molecule has 0 saturated heterocycles. The second kappa shape index (κ2) is 9.57. The summed E-state index contributed by atoms with van der Waals surface area (Å²) in [6, 6.07) is 9.45. The molecule has 36 heavy (non-hydrogen) atoms. The Morgan fingerprint density at radius 1 is 1.06 bits per heavy atom. The van der Waals surface area contributed by atoms with Gasteiger partial charge in [0.2, 0.25) is 16.0 Å². The number of hydrogen-bond donors (Lipinski definition) is 2. The lowest BCUT2D eigenvalue weighted by Gasteiger charge is -2.18. The molecule has 4 aromatic rings. The van der Waals surface area contributed by atoms with Crippen molar-refractivity contribution in [2.24, 2.45) is 0 Å². The zero-order valence-corrected chi connectivity index (χ0v) is 19.4. The molecule has 1 unspecified atom stereocenters. The zero-order chi connectivity index (χ0) is 26.2. The Bertz CT molecular complexity index is 1610. The summed E-state index contributed by atoms with van der Waals surface area (Å²) < 4.78 is 84.7. The summed E-state index contributed by atoms with van der Waals surface area (Å²) >= 11 is 0. The Balaban J connectivity index is 1.80. The van der Waals surface area contributed by atoms with Crippen molar-refractivity contribution in [3.05, 3.63) is 82.3 Å². The number of aromatic nitrogens is 3. The molecule has 2 aromatic heterocycles. The van der Waals surface area contributed by atoms with Gasteiger partial charge in [-0.2, -0.15) is 4.98 Å². The van der Waals surface area contributed by atoms with Crippen LogP contribution in [0.3, 0.4) is 0 Å². The summed E-state index contributed by atoms with van der Waals surface area (Å²) in [5.74, 6) is -3.86. The van der Waals surface area contributed by atoms with Crippen LogP contribution in [0.1, 0.15) is 18.5 Å². The first kappa shape index (κ1) is 25.1. The minimum atomic E-state index is -4.11. The van der Waals surface area contributed by atoms with Gasteiger partial charge in [-0.15, -0.1) is 0 Å². The first-order chi connectivity index (χ1) is 17.0. The van der Waals surface area contributed by atoms with E-state index in [-0.39, 0.29) is 17.0 Å². The average molecular weight is 521 g/mol. The predicted octanol–water partition coefficient (Wildman–Crippen LogP) is 4.09. The number of nitrogen functional groups attached to an aromatic ring is 1. The molecule has 0 amide bonds. The first-order valence-corrected chi connectivity index (χ1v) is 12.1. The highest BCUT2D eigenvalue weighted by molar-refractivity contribution is 7.91. The monoisotopic (exact) mass is 521 g/mol. The summed E-state index contributed by atoms with van der Waals surface area (Å²) in [6.07, 6.45) is -1.82. The highest BCUT2D eigenvalue weighted by Gasteiger charge is 2.26. The molecule has 188 valence electrons. The maximum absolute atomic E-state index is 15.1. The zero-order valence-electron chi connectivity index (χ0n) is 18.6. The van der Waals surface area contributed by atoms with Crippen molar-refractivity contribution in [3.8, 4) is 11.1 Å². The Hall–Kier alpha value is -4.00. The number of rotatable bonds is 7. The van der Waals surface area contributed by atoms with E-state index in [4.69, 9.17) is 5.73 Å². The van der Waals surface area contributed by atoms with Gasteiger partial charge in [-0.1, -0.05) is 30.3 Å². The van der Waals surface area contributed by atoms with Crippen molar-refractivity contribution in [2.75, 3.05) is 10.5 Å². The number of nitrogens with one attached hydrogen (secondary N) is 1. The lowest BCUT2D eigenvalue weighted by Crippen LogP contribution is -2.29. The molecule has 3 N–H and O–H groups in total. The predicted molar refractivity (Wildman–Crippen MR) is 127 cm³/mol. The quantitative estimate of drug-likeness (QED) is 0.354. The lowest BCUT2D eigenvalue weighted by atomic mass is 10.0. The smallest absolute Gasteiger partial charge is 0.260 e. The standard InChI is InChI=1S/C23H19F4N5O3S/c1-12(20(26)27)32-21-14(10-29-23(28)30-21)9-16(22(32)33)15-7-8-17(19(25)18(15)24)31-36(34,35)11-13-5-3-2-4-6-13/h2-10,12,20,31H,11H2,1H3,(H2,28,29,30). The molecule has 2 aromatic carbocycles. The van der Waals surface area contributed by atoms with Gasteiger partial charge in [-0.25, -0.2) is 31.0 Å². The maximum Gasteiger partial charge on any atom is 0.260 e. The molecule has 0 saturated carbocycles. The number of sulfonamides is 1. The van der Waals surface area contributed by atoms with E-state index < -0.39 is 62.3 Å². The van der Waals surface area contributed by atoms with Crippen LogP contribution in [0.5, 0.6) is 0 Å². The third-order valence-electron chi connectivity index (χ3n) is 5.40. The second-order valence-corrected chi connectivity index (χ2v) is 9.67. The molecule has 8 nitrogen and oxygen atoms in total. The van der Waals surface area contributed by atoms with Gasteiger partial charge in [0.15, 0.2) is 11.6 Å². The van der Waals surface area contributed by atoms with Crippen LogP contribution >= 0.6 is 0 Å². The largest absolute Gasteiger partial charge is 0.368 e. The van der Waals surface area contributed by atoms with Crippen molar-refractivity contribution in [1.82, 2.24) is 14.5 Å². The summed E-state index contributed by atoms with van der Waals surface area (Å²) in [7, 11) is -4.11. The van der Waals surface area contributed by atoms with Crippen LogP contribution in [0, 0.1) is 11.6 Å². The number of hydrogen-bond acceptors (Lipinski definition) is 6. The molecule has 1 atom stereocenters. The molecule has 13 heteroatoms. The fourth-order valence-corrected chi connectivity index (χ4v) is 4.85. The van der Waals surface area contributed by atoms with E-state index in [1.807, 2.05) is 4.72 Å². The summed E-state index contributed by atoms with van der Waals surface area (Å²) in [4.78, 5) is 20.8. The lowest BCUT2D eigenvalue weighted by molar-refractivity contribution is 0.0917. The molecular weight excluding hydrogens is 502 g/mol. The van der Waals surface area contributed by atoms with Crippen LogP contribution < -0.4 is 16.0 Å². The fourth-order valence-electron chi connectivity index (χ4n) is 3.65. The molecule has 0 bridgehead atoms. The highest BCUT2D eigenvalue weighted by Crippen LogP contribution is 2.30. The van der Waals surface area contributed by atoms with Crippen molar-refractivity contribution in [3.63, 3.8) is 0 Å². The van der Waals surface area contributed by atoms with Gasteiger partial charge in [0.25, 0.3) is 12.0 Å². The molecule has 0 radical (unpaired) electrons. The minimum absolute atomic E-state index is 0.0822. The van der Waals surface area contributed by atoms with Gasteiger partial charge in [0.1, 0.15) is 5.65 Å². The Labute approximate surface area is 202 Å². The molecule has 0 fully saturated rings. The van der Waals surface area contributed by atoms with E-state index in [1.165, 1.54) is 0 Å². The number of benzene rings is 2. The molecule has 0 aliphatic carbocycles. The van der Waals surface area contributed by atoms with Gasteiger partial charge in [-0.05, 0) is 30.7 Å². The van der Waals surface area contributed by atoms with Gasteiger partial charge in [0, 0.05) is 17.1 Å². The Morgan fingerprint density at radius 3 is 2.42 bits per heavy atom. The first-order valence-electron chi connectivity index (χ1n) is 10.5. The number of nitrogens with zero attached hydrogens (tertiary/aromatic N) is 3. The van der Waals surface area contributed by atoms with Crippen LogP contribution in [-0.2, 0) is 15.8 Å². The fraction of sp³-hybridized carbons (Fsp3) is 0.174.